The Hall–Kier alpha value is -1.88. The number of nitrogen functional groups attached to an aromatic ring is 1. The second-order valence-electron chi connectivity index (χ2n) is 4.15. The molecule has 3 heterocycles. The molecule has 0 amide bonds. The number of fused-ring (bicyclic) bond motifs is 1. The zero-order valence-electron chi connectivity index (χ0n) is 10.1. The summed E-state index contributed by atoms with van der Waals surface area (Å²) in [5.41, 5.74) is 9.07. The summed E-state index contributed by atoms with van der Waals surface area (Å²) in [5, 5.41) is 2.81. The molecule has 3 aromatic rings. The lowest BCUT2D eigenvalue weighted by molar-refractivity contribution is 0.704. The number of aryl methyl sites for hydroxylation is 1. The van der Waals surface area contributed by atoms with Gasteiger partial charge in [-0.3, -0.25) is 4.98 Å². The van der Waals surface area contributed by atoms with Crippen molar-refractivity contribution in [2.75, 3.05) is 5.73 Å². The molecule has 0 unspecified atom stereocenters. The van der Waals surface area contributed by atoms with Gasteiger partial charge in [-0.15, -0.1) is 11.3 Å². The summed E-state index contributed by atoms with van der Waals surface area (Å²) in [6.07, 6.45) is 4.66. The predicted molar refractivity (Wildman–Crippen MR) is 75.5 cm³/mol. The van der Waals surface area contributed by atoms with E-state index in [-0.39, 0.29) is 0 Å². The van der Waals surface area contributed by atoms with Crippen LogP contribution in [0.1, 0.15) is 13.3 Å². The first-order chi connectivity index (χ1) is 8.81. The number of hydrogen-bond donors (Lipinski definition) is 1. The van der Waals surface area contributed by atoms with E-state index in [1.54, 1.807) is 23.7 Å². The summed E-state index contributed by atoms with van der Waals surface area (Å²) >= 11 is 1.54. The molecule has 0 spiro atoms. The number of rotatable bonds is 3. The van der Waals surface area contributed by atoms with Gasteiger partial charge >= 0.3 is 0 Å². The van der Waals surface area contributed by atoms with Crippen LogP contribution in [0.2, 0.25) is 0 Å². The van der Waals surface area contributed by atoms with E-state index in [9.17, 15) is 0 Å². The minimum absolute atomic E-state index is 0.815. The number of thiophene rings is 1. The van der Waals surface area contributed by atoms with Gasteiger partial charge in [-0.05, 0) is 23.9 Å². The minimum atomic E-state index is 0.815. The van der Waals surface area contributed by atoms with E-state index in [2.05, 4.69) is 21.5 Å². The largest absolute Gasteiger partial charge is 0.390 e. The van der Waals surface area contributed by atoms with Crippen LogP contribution in [0, 0.1) is 0 Å². The molecule has 0 aliphatic heterocycles. The molecule has 18 heavy (non-hydrogen) atoms. The lowest BCUT2D eigenvalue weighted by Crippen LogP contribution is -2.00. The van der Waals surface area contributed by atoms with Crippen LogP contribution < -0.4 is 5.73 Å². The van der Waals surface area contributed by atoms with Crippen molar-refractivity contribution in [3.8, 4) is 11.4 Å². The van der Waals surface area contributed by atoms with Crippen LogP contribution in [-0.2, 0) is 6.54 Å². The second kappa shape index (κ2) is 4.42. The normalized spacial score (nSPS) is 11.2. The van der Waals surface area contributed by atoms with E-state index in [0.717, 1.165) is 40.4 Å². The first-order valence-corrected chi connectivity index (χ1v) is 6.83. The quantitative estimate of drug-likeness (QED) is 0.785. The van der Waals surface area contributed by atoms with E-state index in [1.807, 2.05) is 17.5 Å². The molecule has 0 aromatic carbocycles. The highest BCUT2D eigenvalue weighted by molar-refractivity contribution is 7.14. The monoisotopic (exact) mass is 258 g/mol. The highest BCUT2D eigenvalue weighted by Gasteiger charge is 2.14. The van der Waals surface area contributed by atoms with E-state index < -0.39 is 0 Å². The third-order valence-corrected chi connectivity index (χ3v) is 3.68. The molecule has 5 heteroatoms. The smallest absolute Gasteiger partial charge is 0.144 e. The van der Waals surface area contributed by atoms with Crippen molar-refractivity contribution >= 4 is 27.4 Å². The third kappa shape index (κ3) is 1.67. The summed E-state index contributed by atoms with van der Waals surface area (Å²) in [5.74, 6) is 0.943. The third-order valence-electron chi connectivity index (χ3n) is 2.93. The fraction of sp³-hybridized carbons (Fsp3) is 0.231. The highest BCUT2D eigenvalue weighted by Crippen LogP contribution is 2.32. The molecule has 0 fully saturated rings. The first-order valence-electron chi connectivity index (χ1n) is 5.95. The van der Waals surface area contributed by atoms with Gasteiger partial charge < -0.3 is 10.3 Å². The van der Waals surface area contributed by atoms with Crippen LogP contribution in [-0.4, -0.2) is 14.5 Å². The van der Waals surface area contributed by atoms with Gasteiger partial charge in [-0.25, -0.2) is 4.98 Å². The molecule has 0 aliphatic carbocycles. The summed E-state index contributed by atoms with van der Waals surface area (Å²) in [6, 6.07) is 4.03. The fourth-order valence-electron chi connectivity index (χ4n) is 2.14. The second-order valence-corrected chi connectivity index (χ2v) is 5.10. The van der Waals surface area contributed by atoms with Crippen LogP contribution in [0.25, 0.3) is 22.4 Å². The zero-order valence-corrected chi connectivity index (χ0v) is 10.9. The molecule has 0 atom stereocenters. The van der Waals surface area contributed by atoms with E-state index in [1.165, 1.54) is 0 Å². The summed E-state index contributed by atoms with van der Waals surface area (Å²) in [7, 11) is 0. The number of anilines is 1. The van der Waals surface area contributed by atoms with Crippen molar-refractivity contribution in [1.29, 1.82) is 0 Å². The van der Waals surface area contributed by atoms with Crippen LogP contribution in [0.5, 0.6) is 0 Å². The van der Waals surface area contributed by atoms with Gasteiger partial charge in [0.15, 0.2) is 0 Å². The Kier molecular flexibility index (Phi) is 2.76. The van der Waals surface area contributed by atoms with E-state index in [0.29, 0.717) is 0 Å². The maximum absolute atomic E-state index is 6.01. The summed E-state index contributed by atoms with van der Waals surface area (Å²) in [4.78, 5) is 8.79. The van der Waals surface area contributed by atoms with Crippen molar-refractivity contribution in [2.45, 2.75) is 19.9 Å². The van der Waals surface area contributed by atoms with Gasteiger partial charge in [0.1, 0.15) is 11.3 Å². The van der Waals surface area contributed by atoms with Crippen molar-refractivity contribution in [1.82, 2.24) is 14.5 Å². The lowest BCUT2D eigenvalue weighted by Gasteiger charge is -2.06. The zero-order chi connectivity index (χ0) is 12.5. The SMILES string of the molecule is CCCn1c(-c2ccsc2N)nc2cnccc21. The van der Waals surface area contributed by atoms with Gasteiger partial charge in [0.05, 0.1) is 22.3 Å². The van der Waals surface area contributed by atoms with Crippen LogP contribution in [0.15, 0.2) is 29.9 Å². The maximum Gasteiger partial charge on any atom is 0.144 e. The highest BCUT2D eigenvalue weighted by atomic mass is 32.1. The van der Waals surface area contributed by atoms with Gasteiger partial charge in [0, 0.05) is 12.7 Å². The Balaban J connectivity index is 2.28. The Bertz CT molecular complexity index is 683. The number of nitrogens with two attached hydrogens (primary N) is 1. The molecule has 0 radical (unpaired) electrons. The number of pyridine rings is 1. The number of imidazole rings is 1. The number of nitrogens with zero attached hydrogens (tertiary/aromatic N) is 3. The topological polar surface area (TPSA) is 56.7 Å². The van der Waals surface area contributed by atoms with Crippen LogP contribution in [0.3, 0.4) is 0 Å². The van der Waals surface area contributed by atoms with Crippen LogP contribution >= 0.6 is 11.3 Å². The van der Waals surface area contributed by atoms with Gasteiger partial charge in [-0.1, -0.05) is 6.92 Å². The molecule has 0 saturated carbocycles. The van der Waals surface area contributed by atoms with Crippen molar-refractivity contribution < 1.29 is 0 Å². The first kappa shape index (κ1) is 11.2. The maximum atomic E-state index is 6.01. The average molecular weight is 258 g/mol. The molecule has 3 aromatic heterocycles. The van der Waals surface area contributed by atoms with Gasteiger partial charge in [-0.2, -0.15) is 0 Å². The lowest BCUT2D eigenvalue weighted by atomic mass is 10.3. The molecule has 0 bridgehead atoms. The molecule has 0 aliphatic rings. The molecular weight excluding hydrogens is 244 g/mol. The van der Waals surface area contributed by atoms with Crippen LogP contribution in [0.4, 0.5) is 5.00 Å². The van der Waals surface area contributed by atoms with E-state index >= 15 is 0 Å². The minimum Gasteiger partial charge on any atom is -0.390 e. The Morgan fingerprint density at radius 1 is 1.39 bits per heavy atom. The molecule has 92 valence electrons. The van der Waals surface area contributed by atoms with Crippen molar-refractivity contribution in [3.05, 3.63) is 29.9 Å². The molecule has 0 saturated heterocycles. The number of hydrogen-bond acceptors (Lipinski definition) is 4. The van der Waals surface area contributed by atoms with Gasteiger partial charge in [0.25, 0.3) is 0 Å². The Morgan fingerprint density at radius 2 is 2.28 bits per heavy atom. The van der Waals surface area contributed by atoms with Crippen molar-refractivity contribution in [3.63, 3.8) is 0 Å². The summed E-state index contributed by atoms with van der Waals surface area (Å²) < 4.78 is 2.22. The molecular formula is C13H14N4S. The standard InChI is InChI=1S/C13H14N4S/c1-2-6-17-11-3-5-15-8-10(11)16-13(17)9-4-7-18-12(9)14/h3-5,7-8H,2,6,14H2,1H3. The fourth-order valence-corrected chi connectivity index (χ4v) is 2.78. The number of aromatic nitrogens is 3. The van der Waals surface area contributed by atoms with E-state index in [4.69, 9.17) is 5.73 Å². The molecule has 4 nitrogen and oxygen atoms in total. The average Bonchev–Trinajstić information content (AvgIpc) is 2.94. The molecule has 3 rings (SSSR count). The Morgan fingerprint density at radius 3 is 3.00 bits per heavy atom. The summed E-state index contributed by atoms with van der Waals surface area (Å²) in [6.45, 7) is 3.10. The Labute approximate surface area is 109 Å². The van der Waals surface area contributed by atoms with Gasteiger partial charge in [0.2, 0.25) is 0 Å². The van der Waals surface area contributed by atoms with Crippen molar-refractivity contribution in [2.24, 2.45) is 0 Å². The molecule has 2 N–H and O–H groups in total. The predicted octanol–water partition coefficient (Wildman–Crippen LogP) is 3.15.